The van der Waals surface area contributed by atoms with E-state index >= 15 is 0 Å². The number of carbonyl (C=O) groups excluding carboxylic acids is 1. The van der Waals surface area contributed by atoms with Crippen LogP contribution in [0.2, 0.25) is 5.02 Å². The van der Waals surface area contributed by atoms with Gasteiger partial charge in [0.1, 0.15) is 0 Å². The Bertz CT molecular complexity index is 984. The van der Waals surface area contributed by atoms with Crippen LogP contribution in [0.25, 0.3) is 10.2 Å². The van der Waals surface area contributed by atoms with E-state index in [1.807, 2.05) is 35.2 Å². The number of benzene rings is 2. The maximum Gasteiger partial charge on any atom is 0.229 e. The van der Waals surface area contributed by atoms with Crippen molar-refractivity contribution in [2.24, 2.45) is 0 Å². The van der Waals surface area contributed by atoms with Gasteiger partial charge in [0.05, 0.1) is 22.9 Å². The van der Waals surface area contributed by atoms with E-state index in [0.29, 0.717) is 18.7 Å². The van der Waals surface area contributed by atoms with Gasteiger partial charge in [-0.2, -0.15) is 0 Å². The third kappa shape index (κ3) is 5.31. The summed E-state index contributed by atoms with van der Waals surface area (Å²) in [5, 5.41) is 1.49. The Morgan fingerprint density at radius 1 is 1.31 bits per heavy atom. The number of anilines is 1. The molecule has 1 atom stereocenters. The molecule has 3 aromatic rings. The molecule has 2 aromatic carbocycles. The molecule has 4 nitrogen and oxygen atoms in total. The van der Waals surface area contributed by atoms with Gasteiger partial charge in [0.2, 0.25) is 5.91 Å². The van der Waals surface area contributed by atoms with Gasteiger partial charge in [0, 0.05) is 28.7 Å². The number of aromatic nitrogens is 1. The predicted molar refractivity (Wildman–Crippen MR) is 122 cm³/mol. The van der Waals surface area contributed by atoms with Crippen LogP contribution in [0, 0.1) is 6.92 Å². The van der Waals surface area contributed by atoms with Crippen LogP contribution in [0.3, 0.4) is 0 Å². The number of ether oxygens (including phenoxy) is 1. The zero-order valence-electron chi connectivity index (χ0n) is 16.3. The van der Waals surface area contributed by atoms with Crippen molar-refractivity contribution in [1.29, 1.82) is 0 Å². The Kier molecular flexibility index (Phi) is 6.75. The van der Waals surface area contributed by atoms with Crippen LogP contribution in [0.4, 0.5) is 5.13 Å². The first-order valence-corrected chi connectivity index (χ1v) is 11.9. The highest BCUT2D eigenvalue weighted by atomic mass is 35.5. The summed E-state index contributed by atoms with van der Waals surface area (Å²) < 4.78 is 6.91. The molecule has 2 heterocycles. The first kappa shape index (κ1) is 20.7. The zero-order chi connectivity index (χ0) is 20.2. The maximum atomic E-state index is 13.1. The smallest absolute Gasteiger partial charge is 0.229 e. The van der Waals surface area contributed by atoms with Crippen molar-refractivity contribution in [3.63, 3.8) is 0 Å². The summed E-state index contributed by atoms with van der Waals surface area (Å²) >= 11 is 9.19. The molecule has 152 valence electrons. The third-order valence-corrected chi connectivity index (χ3v) is 7.18. The Balaban J connectivity index is 1.47. The van der Waals surface area contributed by atoms with Crippen LogP contribution in [0.15, 0.2) is 47.4 Å². The molecule has 1 aliphatic heterocycles. The van der Waals surface area contributed by atoms with E-state index in [1.54, 1.807) is 23.1 Å². The van der Waals surface area contributed by atoms with Gasteiger partial charge >= 0.3 is 0 Å². The van der Waals surface area contributed by atoms with E-state index in [1.165, 1.54) is 5.56 Å². The van der Waals surface area contributed by atoms with Gasteiger partial charge < -0.3 is 4.74 Å². The number of nitrogens with zero attached hydrogens (tertiary/aromatic N) is 2. The topological polar surface area (TPSA) is 42.4 Å². The molecule has 1 aliphatic rings. The van der Waals surface area contributed by atoms with Crippen molar-refractivity contribution in [1.82, 2.24) is 4.98 Å². The van der Waals surface area contributed by atoms with Gasteiger partial charge in [-0.1, -0.05) is 29.0 Å². The van der Waals surface area contributed by atoms with Crippen molar-refractivity contribution in [2.45, 2.75) is 37.2 Å². The quantitative estimate of drug-likeness (QED) is 0.420. The van der Waals surface area contributed by atoms with Crippen molar-refractivity contribution in [3.8, 4) is 0 Å². The number of aryl methyl sites for hydroxylation is 1. The lowest BCUT2D eigenvalue weighted by molar-refractivity contribution is -0.118. The molecular formula is C22H23ClN2O2S2. The lowest BCUT2D eigenvalue weighted by atomic mass is 10.2. The van der Waals surface area contributed by atoms with Crippen molar-refractivity contribution >= 4 is 56.0 Å². The SMILES string of the molecule is Cc1ccc2nc(N(CC3CCCO3)C(=O)CCSc3ccc(Cl)cc3)sc2c1. The van der Waals surface area contributed by atoms with Crippen LogP contribution in [0.1, 0.15) is 24.8 Å². The molecule has 1 unspecified atom stereocenters. The molecule has 0 N–H and O–H groups in total. The highest BCUT2D eigenvalue weighted by Gasteiger charge is 2.26. The van der Waals surface area contributed by atoms with E-state index in [2.05, 4.69) is 19.1 Å². The number of carbonyl (C=O) groups is 1. The van der Waals surface area contributed by atoms with Crippen molar-refractivity contribution in [2.75, 3.05) is 23.8 Å². The van der Waals surface area contributed by atoms with Crippen LogP contribution >= 0.6 is 34.7 Å². The molecule has 1 fully saturated rings. The molecule has 4 rings (SSSR count). The summed E-state index contributed by atoms with van der Waals surface area (Å²) in [5.41, 5.74) is 2.14. The summed E-state index contributed by atoms with van der Waals surface area (Å²) in [6, 6.07) is 13.9. The van der Waals surface area contributed by atoms with Gasteiger partial charge in [0.25, 0.3) is 0 Å². The summed E-state index contributed by atoms with van der Waals surface area (Å²) in [7, 11) is 0. The number of thioether (sulfide) groups is 1. The van der Waals surface area contributed by atoms with Crippen molar-refractivity contribution < 1.29 is 9.53 Å². The molecule has 0 saturated carbocycles. The highest BCUT2D eigenvalue weighted by molar-refractivity contribution is 7.99. The van der Waals surface area contributed by atoms with Crippen LogP contribution in [-0.4, -0.2) is 35.9 Å². The average Bonchev–Trinajstić information content (AvgIpc) is 3.36. The molecule has 0 bridgehead atoms. The molecule has 29 heavy (non-hydrogen) atoms. The number of hydrogen-bond donors (Lipinski definition) is 0. The van der Waals surface area contributed by atoms with Crippen LogP contribution in [0.5, 0.6) is 0 Å². The highest BCUT2D eigenvalue weighted by Crippen LogP contribution is 2.31. The minimum atomic E-state index is 0.0941. The van der Waals surface area contributed by atoms with Gasteiger partial charge in [-0.05, 0) is 61.7 Å². The Labute approximate surface area is 184 Å². The lowest BCUT2D eigenvalue weighted by Gasteiger charge is -2.23. The summed E-state index contributed by atoms with van der Waals surface area (Å²) in [5.74, 6) is 0.810. The number of thiazole rings is 1. The summed E-state index contributed by atoms with van der Waals surface area (Å²) in [6.45, 7) is 3.42. The maximum absolute atomic E-state index is 13.1. The fourth-order valence-electron chi connectivity index (χ4n) is 3.34. The van der Waals surface area contributed by atoms with Gasteiger partial charge in [-0.15, -0.1) is 11.8 Å². The van der Waals surface area contributed by atoms with E-state index in [-0.39, 0.29) is 12.0 Å². The summed E-state index contributed by atoms with van der Waals surface area (Å²) in [6.07, 6.45) is 2.59. The molecule has 1 saturated heterocycles. The van der Waals surface area contributed by atoms with Gasteiger partial charge in [-0.3, -0.25) is 9.69 Å². The molecule has 7 heteroatoms. The normalized spacial score (nSPS) is 16.4. The second-order valence-corrected chi connectivity index (χ2v) is 9.77. The molecule has 0 aliphatic carbocycles. The Morgan fingerprint density at radius 3 is 2.90 bits per heavy atom. The van der Waals surface area contributed by atoms with E-state index in [9.17, 15) is 4.79 Å². The fraction of sp³-hybridized carbons (Fsp3) is 0.364. The Morgan fingerprint density at radius 2 is 2.14 bits per heavy atom. The lowest BCUT2D eigenvalue weighted by Crippen LogP contribution is -2.37. The number of amides is 1. The number of hydrogen-bond acceptors (Lipinski definition) is 5. The van der Waals surface area contributed by atoms with Gasteiger partial charge in [-0.25, -0.2) is 4.98 Å². The van der Waals surface area contributed by atoms with Crippen molar-refractivity contribution in [3.05, 3.63) is 53.1 Å². The van der Waals surface area contributed by atoms with E-state index in [0.717, 1.165) is 44.7 Å². The largest absolute Gasteiger partial charge is 0.376 e. The second kappa shape index (κ2) is 9.47. The predicted octanol–water partition coefficient (Wildman–Crippen LogP) is 5.95. The second-order valence-electron chi connectivity index (χ2n) is 7.16. The van der Waals surface area contributed by atoms with Gasteiger partial charge in [0.15, 0.2) is 5.13 Å². The summed E-state index contributed by atoms with van der Waals surface area (Å²) in [4.78, 5) is 20.8. The van der Waals surface area contributed by atoms with Crippen LogP contribution < -0.4 is 4.90 Å². The van der Waals surface area contributed by atoms with E-state index in [4.69, 9.17) is 21.3 Å². The number of halogens is 1. The average molecular weight is 447 g/mol. The molecule has 1 aromatic heterocycles. The standard InChI is InChI=1S/C22H23ClN2O2S2/c1-15-4-9-19-20(13-15)29-22(24-19)25(14-17-3-2-11-27-17)21(26)10-12-28-18-7-5-16(23)6-8-18/h4-9,13,17H,2-3,10-12,14H2,1H3. The molecular weight excluding hydrogens is 424 g/mol. The first-order valence-electron chi connectivity index (χ1n) is 9.76. The zero-order valence-corrected chi connectivity index (χ0v) is 18.7. The Hall–Kier alpha value is -1.60. The molecule has 0 spiro atoms. The minimum absolute atomic E-state index is 0.0941. The van der Waals surface area contributed by atoms with E-state index < -0.39 is 0 Å². The molecule has 0 radical (unpaired) electrons. The minimum Gasteiger partial charge on any atom is -0.376 e. The van der Waals surface area contributed by atoms with Crippen LogP contribution in [-0.2, 0) is 9.53 Å². The third-order valence-electron chi connectivity index (χ3n) is 4.87. The first-order chi connectivity index (χ1) is 14.1. The molecule has 1 amide bonds. The fourth-order valence-corrected chi connectivity index (χ4v) is 5.39. The monoisotopic (exact) mass is 446 g/mol. The number of rotatable bonds is 7. The number of fused-ring (bicyclic) bond motifs is 1.